The van der Waals surface area contributed by atoms with E-state index in [1.54, 1.807) is 25.1 Å². The van der Waals surface area contributed by atoms with Gasteiger partial charge in [-0.2, -0.15) is 13.7 Å². The molecule has 1 aromatic heterocycles. The van der Waals surface area contributed by atoms with Crippen molar-refractivity contribution >= 4 is 15.7 Å². The molecule has 0 aliphatic carbocycles. The Balaban J connectivity index is 2.43. The zero-order valence-electron chi connectivity index (χ0n) is 10.5. The summed E-state index contributed by atoms with van der Waals surface area (Å²) in [5.74, 6) is 0.526. The molecule has 0 aliphatic rings. The third-order valence-electron chi connectivity index (χ3n) is 2.66. The van der Waals surface area contributed by atoms with E-state index < -0.39 is 10.0 Å². The number of hydrogen-bond donors (Lipinski definition) is 1. The summed E-state index contributed by atoms with van der Waals surface area (Å²) in [4.78, 5) is 6.57. The van der Waals surface area contributed by atoms with Gasteiger partial charge in [-0.15, -0.1) is 0 Å². The Morgan fingerprint density at radius 1 is 1.42 bits per heavy atom. The van der Waals surface area contributed by atoms with Gasteiger partial charge in [-0.05, 0) is 25.1 Å². The molecule has 0 amide bonds. The van der Waals surface area contributed by atoms with Crippen LogP contribution >= 0.6 is 0 Å². The minimum atomic E-state index is -3.69. The Labute approximate surface area is 111 Å². The van der Waals surface area contributed by atoms with Crippen molar-refractivity contribution in [2.75, 3.05) is 11.4 Å². The molecule has 2 rings (SSSR count). The highest BCUT2D eigenvalue weighted by molar-refractivity contribution is 7.92. The fraction of sp³-hybridized carbons (Fsp3) is 0.167. The Bertz CT molecular complexity index is 743. The van der Waals surface area contributed by atoms with E-state index >= 15 is 0 Å². The topological polar surface area (TPSA) is 89.8 Å². The second-order valence-electron chi connectivity index (χ2n) is 3.97. The molecule has 19 heavy (non-hydrogen) atoms. The number of aromatic amines is 1. The lowest BCUT2D eigenvalue weighted by molar-refractivity contribution is 0.591. The maximum atomic E-state index is 12.3. The van der Waals surface area contributed by atoms with E-state index in [1.807, 2.05) is 6.07 Å². The van der Waals surface area contributed by atoms with Gasteiger partial charge in [0.15, 0.2) is 5.03 Å². The fourth-order valence-corrected chi connectivity index (χ4v) is 2.74. The molecule has 0 saturated carbocycles. The average molecular weight is 276 g/mol. The highest BCUT2D eigenvalue weighted by Gasteiger charge is 2.23. The minimum Gasteiger partial charge on any atom is -0.332 e. The summed E-state index contributed by atoms with van der Waals surface area (Å²) in [5.41, 5.74) is 0.826. The monoisotopic (exact) mass is 276 g/mol. The molecule has 0 aliphatic heterocycles. The van der Waals surface area contributed by atoms with Crippen LogP contribution in [0.3, 0.4) is 0 Å². The average Bonchev–Trinajstić information content (AvgIpc) is 2.85. The molecule has 2 aromatic rings. The fourth-order valence-electron chi connectivity index (χ4n) is 1.59. The summed E-state index contributed by atoms with van der Waals surface area (Å²) >= 11 is 0. The van der Waals surface area contributed by atoms with Gasteiger partial charge in [-0.3, -0.25) is 4.31 Å². The molecular formula is C12H12N4O2S. The van der Waals surface area contributed by atoms with E-state index in [2.05, 4.69) is 9.97 Å². The second kappa shape index (κ2) is 4.74. The predicted molar refractivity (Wildman–Crippen MR) is 70.1 cm³/mol. The van der Waals surface area contributed by atoms with Crippen molar-refractivity contribution in [2.24, 2.45) is 0 Å². The summed E-state index contributed by atoms with van der Waals surface area (Å²) < 4.78 is 25.7. The first-order chi connectivity index (χ1) is 8.95. The Kier molecular flexibility index (Phi) is 3.27. The number of nitrogens with one attached hydrogen (secondary N) is 1. The second-order valence-corrected chi connectivity index (χ2v) is 5.91. The normalized spacial score (nSPS) is 11.0. The van der Waals surface area contributed by atoms with Crippen molar-refractivity contribution < 1.29 is 8.42 Å². The number of imidazole rings is 1. The Morgan fingerprint density at radius 3 is 2.74 bits per heavy atom. The molecule has 0 unspecified atom stereocenters. The van der Waals surface area contributed by atoms with Gasteiger partial charge in [-0.25, -0.2) is 4.98 Å². The quantitative estimate of drug-likeness (QED) is 0.917. The molecule has 0 bridgehead atoms. The molecule has 0 spiro atoms. The summed E-state index contributed by atoms with van der Waals surface area (Å²) in [5, 5.41) is 8.86. The van der Waals surface area contributed by atoms with Crippen LogP contribution in [-0.2, 0) is 10.0 Å². The first-order valence-electron chi connectivity index (χ1n) is 5.46. The van der Waals surface area contributed by atoms with Crippen molar-refractivity contribution in [1.29, 1.82) is 5.26 Å². The van der Waals surface area contributed by atoms with Crippen molar-refractivity contribution in [3.05, 3.63) is 41.9 Å². The first kappa shape index (κ1) is 13.1. The molecule has 1 aromatic carbocycles. The molecular weight excluding hydrogens is 264 g/mol. The molecule has 1 N–H and O–H groups in total. The van der Waals surface area contributed by atoms with Crippen LogP contribution in [0, 0.1) is 18.3 Å². The lowest BCUT2D eigenvalue weighted by Gasteiger charge is -2.18. The first-order valence-corrected chi connectivity index (χ1v) is 6.90. The number of rotatable bonds is 3. The lowest BCUT2D eigenvalue weighted by atomic mass is 10.2. The van der Waals surface area contributed by atoms with Crippen LogP contribution < -0.4 is 4.31 Å². The SMILES string of the molecule is Cc1ncc(S(=O)(=O)N(C)c2cccc(C#N)c2)[nH]1. The van der Waals surface area contributed by atoms with Gasteiger partial charge in [0.05, 0.1) is 23.5 Å². The molecule has 0 radical (unpaired) electrons. The van der Waals surface area contributed by atoms with Gasteiger partial charge in [0.25, 0.3) is 10.0 Å². The molecule has 98 valence electrons. The third kappa shape index (κ3) is 2.44. The molecule has 0 saturated heterocycles. The summed E-state index contributed by atoms with van der Waals surface area (Å²) in [7, 11) is -2.26. The third-order valence-corrected chi connectivity index (χ3v) is 4.35. The van der Waals surface area contributed by atoms with Crippen molar-refractivity contribution in [3.63, 3.8) is 0 Å². The highest BCUT2D eigenvalue weighted by atomic mass is 32.2. The van der Waals surface area contributed by atoms with Crippen molar-refractivity contribution in [3.8, 4) is 6.07 Å². The standard InChI is InChI=1S/C12H12N4O2S/c1-9-14-8-12(15-9)19(17,18)16(2)11-5-3-4-10(6-11)7-13/h3-6,8H,1-2H3,(H,14,15). The number of benzene rings is 1. The number of nitriles is 1. The smallest absolute Gasteiger partial charge is 0.281 e. The number of aromatic nitrogens is 2. The number of anilines is 1. The lowest BCUT2D eigenvalue weighted by Crippen LogP contribution is -2.26. The molecule has 0 atom stereocenters. The number of nitrogens with zero attached hydrogens (tertiary/aromatic N) is 3. The van der Waals surface area contributed by atoms with Gasteiger partial charge in [-0.1, -0.05) is 6.07 Å². The van der Waals surface area contributed by atoms with Crippen LogP contribution in [-0.4, -0.2) is 25.4 Å². The highest BCUT2D eigenvalue weighted by Crippen LogP contribution is 2.21. The van der Waals surface area contributed by atoms with Crippen molar-refractivity contribution in [1.82, 2.24) is 9.97 Å². The summed E-state index contributed by atoms with van der Waals surface area (Å²) in [6, 6.07) is 8.37. The molecule has 0 fully saturated rings. The molecule has 6 nitrogen and oxygen atoms in total. The van der Waals surface area contributed by atoms with Crippen LogP contribution in [0.15, 0.2) is 35.5 Å². The van der Waals surface area contributed by atoms with Crippen molar-refractivity contribution in [2.45, 2.75) is 11.9 Å². The number of H-pyrrole nitrogens is 1. The number of sulfonamides is 1. The van der Waals surface area contributed by atoms with Gasteiger partial charge in [0.1, 0.15) is 5.82 Å². The van der Waals surface area contributed by atoms with E-state index in [0.29, 0.717) is 17.1 Å². The number of hydrogen-bond acceptors (Lipinski definition) is 4. The van der Waals surface area contributed by atoms with Gasteiger partial charge in [0.2, 0.25) is 0 Å². The minimum absolute atomic E-state index is 0.0230. The maximum Gasteiger partial charge on any atom is 0.281 e. The summed E-state index contributed by atoms with van der Waals surface area (Å²) in [6.07, 6.45) is 1.27. The largest absolute Gasteiger partial charge is 0.332 e. The van der Waals surface area contributed by atoms with E-state index in [4.69, 9.17) is 5.26 Å². The van der Waals surface area contributed by atoms with Gasteiger partial charge >= 0.3 is 0 Å². The molecule has 7 heteroatoms. The van der Waals surface area contributed by atoms with E-state index in [-0.39, 0.29) is 5.03 Å². The number of aryl methyl sites for hydroxylation is 1. The van der Waals surface area contributed by atoms with E-state index in [0.717, 1.165) is 4.31 Å². The van der Waals surface area contributed by atoms with Crippen LogP contribution in [0.4, 0.5) is 5.69 Å². The van der Waals surface area contributed by atoms with Gasteiger partial charge < -0.3 is 4.98 Å². The van der Waals surface area contributed by atoms with E-state index in [9.17, 15) is 8.42 Å². The summed E-state index contributed by atoms with van der Waals surface area (Å²) in [6.45, 7) is 1.68. The van der Waals surface area contributed by atoms with Gasteiger partial charge in [0, 0.05) is 7.05 Å². The van der Waals surface area contributed by atoms with Crippen LogP contribution in [0.25, 0.3) is 0 Å². The maximum absolute atomic E-state index is 12.3. The van der Waals surface area contributed by atoms with Crippen LogP contribution in [0.5, 0.6) is 0 Å². The Morgan fingerprint density at radius 2 is 2.16 bits per heavy atom. The predicted octanol–water partition coefficient (Wildman–Crippen LogP) is 1.41. The zero-order valence-corrected chi connectivity index (χ0v) is 11.3. The van der Waals surface area contributed by atoms with Crippen LogP contribution in [0.1, 0.15) is 11.4 Å². The zero-order chi connectivity index (χ0) is 14.0. The van der Waals surface area contributed by atoms with E-state index in [1.165, 1.54) is 19.3 Å². The molecule has 1 heterocycles. The Hall–Kier alpha value is -2.33. The van der Waals surface area contributed by atoms with Crippen LogP contribution in [0.2, 0.25) is 0 Å².